The van der Waals surface area contributed by atoms with Gasteiger partial charge in [-0.25, -0.2) is 0 Å². The summed E-state index contributed by atoms with van der Waals surface area (Å²) in [5.41, 5.74) is 0. The fourth-order valence-electron chi connectivity index (χ4n) is 1.78. The number of carbonyl (C=O) groups excluding carboxylic acids is 4. The second-order valence-electron chi connectivity index (χ2n) is 4.70. The van der Waals surface area contributed by atoms with Gasteiger partial charge in [-0.3, -0.25) is 0 Å². The van der Waals surface area contributed by atoms with Crippen molar-refractivity contribution >= 4 is 55.8 Å². The van der Waals surface area contributed by atoms with E-state index < -0.39 is 39.0 Å². The van der Waals surface area contributed by atoms with Crippen LogP contribution in [0.4, 0.5) is 0 Å². The minimum absolute atomic E-state index is 0.0557. The Hall–Kier alpha value is -1.08. The summed E-state index contributed by atoms with van der Waals surface area (Å²) in [5.74, 6) is -2.12. The van der Waals surface area contributed by atoms with E-state index in [0.717, 1.165) is 0 Å². The second-order valence-corrected chi connectivity index (χ2v) is 7.48. The van der Waals surface area contributed by atoms with Gasteiger partial charge in [0.1, 0.15) is 0 Å². The van der Waals surface area contributed by atoms with Gasteiger partial charge in [0.2, 0.25) is 0 Å². The average Bonchev–Trinajstić information content (AvgIpc) is 2.44. The van der Waals surface area contributed by atoms with Crippen LogP contribution < -0.4 is 10.6 Å². The summed E-state index contributed by atoms with van der Waals surface area (Å²) in [6, 6.07) is -0.947. The van der Waals surface area contributed by atoms with Crippen LogP contribution in [0.3, 0.4) is 0 Å². The van der Waals surface area contributed by atoms with Gasteiger partial charge in [-0.05, 0) is 0 Å². The molecule has 0 aromatic carbocycles. The zero-order valence-electron chi connectivity index (χ0n) is 13.4. The fraction of sp³-hybridized carbons (Fsp3) is 0.692. The van der Waals surface area contributed by atoms with Crippen LogP contribution in [0.1, 0.15) is 27.2 Å². The van der Waals surface area contributed by atoms with Crippen molar-refractivity contribution in [3.63, 3.8) is 0 Å². The Balaban J connectivity index is 5.36. The summed E-state index contributed by atoms with van der Waals surface area (Å²) < 4.78 is 8.23. The molecule has 0 heterocycles. The van der Waals surface area contributed by atoms with Crippen molar-refractivity contribution in [1.82, 2.24) is 10.6 Å². The fourth-order valence-corrected chi connectivity index (χ4v) is 3.26. The first-order chi connectivity index (χ1) is 10.6. The third-order valence-corrected chi connectivity index (χ3v) is 6.24. The molecule has 0 fully saturated rings. The molecule has 0 saturated heterocycles. The first-order valence-electron chi connectivity index (χ1n) is 6.79. The molecule has 0 spiro atoms. The van der Waals surface area contributed by atoms with Crippen LogP contribution in [0.25, 0.3) is 0 Å². The van der Waals surface area contributed by atoms with Crippen molar-refractivity contribution in [1.29, 1.82) is 0 Å². The molecule has 0 aromatic rings. The van der Waals surface area contributed by atoms with Crippen LogP contribution in [-0.2, 0) is 28.7 Å². The molecule has 0 rings (SSSR count). The van der Waals surface area contributed by atoms with E-state index in [4.69, 9.17) is 4.74 Å². The Kier molecular flexibility index (Phi) is 9.46. The first kappa shape index (κ1) is 21.9. The predicted octanol–water partition coefficient (Wildman–Crippen LogP) is -1.96. The van der Waals surface area contributed by atoms with E-state index in [1.165, 1.54) is 21.0 Å². The molecule has 10 heteroatoms. The molecule has 0 aliphatic rings. The zero-order chi connectivity index (χ0) is 18.2. The van der Waals surface area contributed by atoms with Crippen molar-refractivity contribution in [3.8, 4) is 0 Å². The maximum atomic E-state index is 12.2. The number of carbonyl (C=O) groups is 4. The Morgan fingerprint density at radius 3 is 2.13 bits per heavy atom. The van der Waals surface area contributed by atoms with Crippen LogP contribution >= 0.6 is 0 Å². The van der Waals surface area contributed by atoms with Crippen molar-refractivity contribution in [3.05, 3.63) is 0 Å². The molecule has 1 unspecified atom stereocenters. The maximum absolute atomic E-state index is 12.2. The van der Waals surface area contributed by atoms with Gasteiger partial charge in [0.05, 0.1) is 0 Å². The van der Waals surface area contributed by atoms with Crippen LogP contribution in [0.5, 0.6) is 0 Å². The third-order valence-electron chi connectivity index (χ3n) is 2.76. The number of esters is 2. The monoisotopic (exact) mass is 462 g/mol. The Labute approximate surface area is 151 Å². The van der Waals surface area contributed by atoms with Crippen molar-refractivity contribution < 1.29 is 28.7 Å². The number of hydrogen-bond donors (Lipinski definition) is 2. The van der Waals surface area contributed by atoms with Gasteiger partial charge in [0.25, 0.3) is 0 Å². The van der Waals surface area contributed by atoms with E-state index in [0.29, 0.717) is 0 Å². The number of hydrogen-bond acceptors (Lipinski definition) is 6. The minimum atomic E-state index is -1.42. The molecule has 0 saturated carbocycles. The van der Waals surface area contributed by atoms with Gasteiger partial charge in [0.15, 0.2) is 0 Å². The summed E-state index contributed by atoms with van der Waals surface area (Å²) in [7, 11) is 1.20. The Morgan fingerprint density at radius 1 is 1.17 bits per heavy atom. The number of nitrogens with one attached hydrogen (secondary N) is 2. The van der Waals surface area contributed by atoms with Gasteiger partial charge in [-0.1, -0.05) is 0 Å². The van der Waals surface area contributed by atoms with Crippen LogP contribution in [0, 0.1) is 0 Å². The van der Waals surface area contributed by atoms with Gasteiger partial charge >= 0.3 is 151 Å². The molecular formula is C13H22N2O6Se2. The van der Waals surface area contributed by atoms with Gasteiger partial charge in [-0.2, -0.15) is 0 Å². The van der Waals surface area contributed by atoms with Crippen LogP contribution in [-0.4, -0.2) is 80.0 Å². The summed E-state index contributed by atoms with van der Waals surface area (Å²) in [5, 5.41) is 5.00. The molecule has 0 aliphatic heterocycles. The summed E-state index contributed by atoms with van der Waals surface area (Å²) in [4.78, 5) is 46.1. The Morgan fingerprint density at radius 2 is 1.74 bits per heavy atom. The van der Waals surface area contributed by atoms with Crippen molar-refractivity contribution in [2.45, 2.75) is 42.5 Å². The van der Waals surface area contributed by atoms with E-state index >= 15 is 0 Å². The topological polar surface area (TPSA) is 111 Å². The molecule has 3 atom stereocenters. The summed E-state index contributed by atoms with van der Waals surface area (Å²) in [6.45, 7) is 4.33. The van der Waals surface area contributed by atoms with Crippen molar-refractivity contribution in [2.24, 2.45) is 0 Å². The second kappa shape index (κ2) is 9.92. The van der Waals surface area contributed by atoms with E-state index in [1.54, 1.807) is 6.92 Å². The molecular weight excluding hydrogens is 438 g/mol. The third kappa shape index (κ3) is 6.91. The van der Waals surface area contributed by atoms with E-state index in [-0.39, 0.29) is 13.0 Å². The number of ether oxygens (including phenoxy) is 2. The summed E-state index contributed by atoms with van der Waals surface area (Å²) >= 11 is 4.29. The number of rotatable bonds is 8. The Bertz CT molecular complexity index is 473. The number of methoxy groups -OCH3 is 1. The normalized spacial score (nSPS) is 15.6. The molecule has 0 bridgehead atoms. The predicted molar refractivity (Wildman–Crippen MR) is 85.5 cm³/mol. The molecule has 0 aliphatic carbocycles. The van der Waals surface area contributed by atoms with Crippen LogP contribution in [0.15, 0.2) is 0 Å². The van der Waals surface area contributed by atoms with Gasteiger partial charge < -0.3 is 0 Å². The summed E-state index contributed by atoms with van der Waals surface area (Å²) in [6.07, 6.45) is 0.0557. The average molecular weight is 460 g/mol. The molecule has 8 nitrogen and oxygen atoms in total. The molecule has 132 valence electrons. The van der Waals surface area contributed by atoms with Crippen molar-refractivity contribution in [2.75, 3.05) is 13.7 Å². The van der Waals surface area contributed by atoms with Gasteiger partial charge in [0, 0.05) is 0 Å². The van der Waals surface area contributed by atoms with E-state index in [2.05, 4.69) is 47.4 Å². The van der Waals surface area contributed by atoms with Crippen LogP contribution in [0.2, 0.25) is 4.82 Å². The SMILES string of the molecule is CCOC(=O)[C@]([SeH])(NC(C)=O)[C@H]([SeH])CC(NC(C)=O)C(=O)OC. The first-order valence-corrected chi connectivity index (χ1v) is 8.81. The quantitative estimate of drug-likeness (QED) is 0.322. The molecule has 23 heavy (non-hydrogen) atoms. The van der Waals surface area contributed by atoms with E-state index in [9.17, 15) is 19.2 Å². The molecule has 0 aromatic heterocycles. The van der Waals surface area contributed by atoms with Gasteiger partial charge in [-0.15, -0.1) is 0 Å². The standard InChI is InChI=1S/C13H22N2O6Se2/c1-5-21-12(19)13(23,15-8(3)17)10(22)6-9(11(18)20-4)14-7(2)16/h9-10,22-23H,5-6H2,1-4H3,(H,14,16)(H,15,17)/t9?,10-,13+/m1/s1. The zero-order valence-corrected chi connectivity index (χ0v) is 17.2. The molecule has 0 radical (unpaired) electrons. The molecule has 2 N–H and O–H groups in total. The van der Waals surface area contributed by atoms with E-state index in [1.807, 2.05) is 0 Å². The number of amides is 2. The molecule has 2 amide bonds.